The Kier molecular flexibility index (Phi) is 7.79. The highest BCUT2D eigenvalue weighted by Gasteiger charge is 2.28. The van der Waals surface area contributed by atoms with Crippen LogP contribution < -0.4 is 0 Å². The SMILES string of the molecule is Cc1ccc(S(=O)(=O)OC(Cc2cc(-c3ccc(I)cc3)on2)c2cc(-c3ccc(I)cc3)on2)cc1. The molecule has 0 spiro atoms. The maximum atomic E-state index is 13.2. The molecule has 0 amide bonds. The van der Waals surface area contributed by atoms with Gasteiger partial charge in [-0.15, -0.1) is 0 Å². The lowest BCUT2D eigenvalue weighted by Gasteiger charge is -2.14. The van der Waals surface area contributed by atoms with Crippen molar-refractivity contribution < 1.29 is 21.6 Å². The fourth-order valence-electron chi connectivity index (χ4n) is 3.64. The summed E-state index contributed by atoms with van der Waals surface area (Å²) < 4.78 is 45.3. The van der Waals surface area contributed by atoms with E-state index < -0.39 is 16.2 Å². The van der Waals surface area contributed by atoms with E-state index >= 15 is 0 Å². The number of aryl methyl sites for hydroxylation is 1. The van der Waals surface area contributed by atoms with Crippen LogP contribution in [0.2, 0.25) is 0 Å². The Morgan fingerprint density at radius 2 is 1.32 bits per heavy atom. The van der Waals surface area contributed by atoms with Gasteiger partial charge in [0.2, 0.25) is 0 Å². The second-order valence-corrected chi connectivity index (χ2v) is 12.4. The average Bonchev–Trinajstić information content (AvgIpc) is 3.55. The lowest BCUT2D eigenvalue weighted by Crippen LogP contribution is -2.15. The van der Waals surface area contributed by atoms with Crippen LogP contribution in [0, 0.1) is 14.1 Å². The third-order valence-electron chi connectivity index (χ3n) is 5.62. The van der Waals surface area contributed by atoms with E-state index in [1.807, 2.05) is 55.5 Å². The maximum Gasteiger partial charge on any atom is 0.297 e. The van der Waals surface area contributed by atoms with E-state index in [-0.39, 0.29) is 11.3 Å². The van der Waals surface area contributed by atoms with E-state index in [0.29, 0.717) is 22.9 Å². The Hall–Kier alpha value is -2.55. The summed E-state index contributed by atoms with van der Waals surface area (Å²) in [4.78, 5) is 0.0594. The second kappa shape index (κ2) is 11.1. The predicted molar refractivity (Wildman–Crippen MR) is 155 cm³/mol. The molecule has 0 fully saturated rings. The number of aromatic nitrogens is 2. The standard InChI is InChI=1S/C27H20I2N2O5S/c1-17-2-12-23(13-3-17)37(32,33)36-27(24-16-26(35-31-24)19-6-10-21(29)11-7-19)15-22-14-25(34-30-22)18-4-8-20(28)9-5-18/h2-14,16,27H,15H2,1H3. The first-order valence-electron chi connectivity index (χ1n) is 11.2. The molecular formula is C27H20I2N2O5S. The van der Waals surface area contributed by atoms with Crippen LogP contribution in [0.25, 0.3) is 22.6 Å². The summed E-state index contributed by atoms with van der Waals surface area (Å²) in [5, 5.41) is 8.31. The molecule has 0 radical (unpaired) electrons. The highest BCUT2D eigenvalue weighted by molar-refractivity contribution is 14.1. The molecule has 5 aromatic rings. The molecule has 1 unspecified atom stereocenters. The van der Waals surface area contributed by atoms with Gasteiger partial charge in [-0.2, -0.15) is 8.42 Å². The van der Waals surface area contributed by atoms with Gasteiger partial charge in [-0.1, -0.05) is 52.3 Å². The van der Waals surface area contributed by atoms with Crippen molar-refractivity contribution in [2.45, 2.75) is 24.3 Å². The summed E-state index contributed by atoms with van der Waals surface area (Å²) in [7, 11) is -4.10. The molecule has 2 aromatic heterocycles. The molecule has 10 heteroatoms. The molecular weight excluding hydrogens is 718 g/mol. The van der Waals surface area contributed by atoms with Gasteiger partial charge in [0.25, 0.3) is 10.1 Å². The maximum absolute atomic E-state index is 13.2. The Balaban J connectivity index is 1.46. The van der Waals surface area contributed by atoms with Crippen LogP contribution in [-0.2, 0) is 20.7 Å². The fourth-order valence-corrected chi connectivity index (χ4v) is 5.41. The smallest absolute Gasteiger partial charge is 0.297 e. The molecule has 1 atom stereocenters. The third-order valence-corrected chi connectivity index (χ3v) is 8.40. The number of halogens is 2. The molecule has 3 aromatic carbocycles. The zero-order chi connectivity index (χ0) is 26.0. The minimum Gasteiger partial charge on any atom is -0.356 e. The van der Waals surface area contributed by atoms with Crippen molar-refractivity contribution in [3.8, 4) is 22.6 Å². The van der Waals surface area contributed by atoms with Crippen LogP contribution in [0.4, 0.5) is 0 Å². The van der Waals surface area contributed by atoms with E-state index in [2.05, 4.69) is 55.5 Å². The number of hydrogen-bond acceptors (Lipinski definition) is 7. The summed E-state index contributed by atoms with van der Waals surface area (Å²) in [5.41, 5.74) is 3.49. The van der Waals surface area contributed by atoms with Crippen LogP contribution in [0.15, 0.2) is 98.9 Å². The van der Waals surface area contributed by atoms with Crippen LogP contribution in [0.3, 0.4) is 0 Å². The molecule has 5 rings (SSSR count). The van der Waals surface area contributed by atoms with Crippen molar-refractivity contribution in [3.63, 3.8) is 0 Å². The molecule has 0 N–H and O–H groups in total. The zero-order valence-electron chi connectivity index (χ0n) is 19.5. The largest absolute Gasteiger partial charge is 0.356 e. The summed E-state index contributed by atoms with van der Waals surface area (Å²) in [5.74, 6) is 1.08. The molecule has 7 nitrogen and oxygen atoms in total. The van der Waals surface area contributed by atoms with E-state index in [4.69, 9.17) is 13.2 Å². The van der Waals surface area contributed by atoms with Gasteiger partial charge in [0.15, 0.2) is 11.5 Å². The van der Waals surface area contributed by atoms with Gasteiger partial charge in [0.05, 0.1) is 10.6 Å². The van der Waals surface area contributed by atoms with Crippen molar-refractivity contribution in [3.05, 3.63) is 109 Å². The van der Waals surface area contributed by atoms with Crippen molar-refractivity contribution in [1.29, 1.82) is 0 Å². The van der Waals surface area contributed by atoms with E-state index in [0.717, 1.165) is 23.8 Å². The normalized spacial score (nSPS) is 12.5. The van der Waals surface area contributed by atoms with Gasteiger partial charge in [0, 0.05) is 36.8 Å². The quantitative estimate of drug-likeness (QED) is 0.123. The summed E-state index contributed by atoms with van der Waals surface area (Å²) in [6.07, 6.45) is -0.875. The van der Waals surface area contributed by atoms with Crippen LogP contribution in [0.1, 0.15) is 23.1 Å². The monoisotopic (exact) mass is 738 g/mol. The first-order chi connectivity index (χ1) is 17.8. The summed E-state index contributed by atoms with van der Waals surface area (Å²) in [6.45, 7) is 1.89. The number of rotatable bonds is 8. The van der Waals surface area contributed by atoms with E-state index in [1.165, 1.54) is 12.1 Å². The van der Waals surface area contributed by atoms with Gasteiger partial charge in [-0.05, 0) is 88.5 Å². The molecule has 2 heterocycles. The number of hydrogen-bond donors (Lipinski definition) is 0. The zero-order valence-corrected chi connectivity index (χ0v) is 24.6. The highest BCUT2D eigenvalue weighted by atomic mass is 127. The summed E-state index contributed by atoms with van der Waals surface area (Å²) >= 11 is 4.46. The van der Waals surface area contributed by atoms with Crippen molar-refractivity contribution in [1.82, 2.24) is 10.3 Å². The molecule has 0 aliphatic rings. The fraction of sp³-hybridized carbons (Fsp3) is 0.111. The molecule has 188 valence electrons. The second-order valence-electron chi connectivity index (χ2n) is 8.37. The van der Waals surface area contributed by atoms with Gasteiger partial charge in [-0.3, -0.25) is 4.18 Å². The Morgan fingerprint density at radius 1 is 0.784 bits per heavy atom. The van der Waals surface area contributed by atoms with Gasteiger partial charge < -0.3 is 9.05 Å². The number of benzene rings is 3. The lowest BCUT2D eigenvalue weighted by atomic mass is 10.1. The molecule has 0 bridgehead atoms. The van der Waals surface area contributed by atoms with E-state index in [1.54, 1.807) is 24.3 Å². The first-order valence-corrected chi connectivity index (χ1v) is 14.8. The summed E-state index contributed by atoms with van der Waals surface area (Å²) in [6, 6.07) is 25.5. The van der Waals surface area contributed by atoms with Gasteiger partial charge in [-0.25, -0.2) is 0 Å². The van der Waals surface area contributed by atoms with Crippen molar-refractivity contribution in [2.75, 3.05) is 0 Å². The average molecular weight is 738 g/mol. The molecule has 37 heavy (non-hydrogen) atoms. The predicted octanol–water partition coefficient (Wildman–Crippen LogP) is 7.20. The number of nitrogens with zero attached hydrogens (tertiary/aromatic N) is 2. The highest BCUT2D eigenvalue weighted by Crippen LogP contribution is 2.31. The van der Waals surface area contributed by atoms with Crippen LogP contribution >= 0.6 is 45.2 Å². The lowest BCUT2D eigenvalue weighted by molar-refractivity contribution is 0.199. The molecule has 0 aliphatic heterocycles. The Labute approximate surface area is 241 Å². The topological polar surface area (TPSA) is 95.4 Å². The van der Waals surface area contributed by atoms with Crippen molar-refractivity contribution in [2.24, 2.45) is 0 Å². The van der Waals surface area contributed by atoms with Crippen LogP contribution in [0.5, 0.6) is 0 Å². The van der Waals surface area contributed by atoms with Gasteiger partial charge >= 0.3 is 0 Å². The minimum atomic E-state index is -4.10. The van der Waals surface area contributed by atoms with E-state index in [9.17, 15) is 8.42 Å². The molecule has 0 aliphatic carbocycles. The Bertz CT molecular complexity index is 1610. The van der Waals surface area contributed by atoms with Gasteiger partial charge in [0.1, 0.15) is 11.8 Å². The van der Waals surface area contributed by atoms with Crippen LogP contribution in [-0.4, -0.2) is 18.7 Å². The van der Waals surface area contributed by atoms with Crippen molar-refractivity contribution >= 4 is 55.3 Å². The molecule has 0 saturated carbocycles. The minimum absolute atomic E-state index is 0.0594. The molecule has 0 saturated heterocycles. The first kappa shape index (κ1) is 26.1. The third kappa shape index (κ3) is 6.30. The Morgan fingerprint density at radius 3 is 1.92 bits per heavy atom.